The Labute approximate surface area is 169 Å². The zero-order chi connectivity index (χ0) is 20.4. The molecule has 0 radical (unpaired) electrons. The fourth-order valence-corrected chi connectivity index (χ4v) is 4.45. The summed E-state index contributed by atoms with van der Waals surface area (Å²) in [5, 5.41) is 9.53. The average molecular weight is 396 g/mol. The second kappa shape index (κ2) is 8.37. The minimum absolute atomic E-state index is 0.131. The summed E-state index contributed by atoms with van der Waals surface area (Å²) < 4.78 is 4.77. The smallest absolute Gasteiger partial charge is 0.332 e. The maximum Gasteiger partial charge on any atom is 0.332 e. The molecule has 0 spiro atoms. The SMILES string of the molecule is CCCn1c(=O)c2c(nc(C3CCCC3)n2Cc2ccccc2)n(CCO)c1=O. The van der Waals surface area contributed by atoms with E-state index >= 15 is 0 Å². The predicted octanol–water partition coefficient (Wildman–Crippen LogP) is 2.47. The summed E-state index contributed by atoms with van der Waals surface area (Å²) in [6.45, 7) is 2.79. The van der Waals surface area contributed by atoms with Crippen LogP contribution in [0.3, 0.4) is 0 Å². The van der Waals surface area contributed by atoms with Gasteiger partial charge in [0.15, 0.2) is 11.2 Å². The number of benzene rings is 1. The number of imidazole rings is 1. The molecule has 1 N–H and O–H groups in total. The van der Waals surface area contributed by atoms with E-state index in [9.17, 15) is 14.7 Å². The normalized spacial score (nSPS) is 14.8. The topological polar surface area (TPSA) is 82.1 Å². The minimum atomic E-state index is -0.388. The van der Waals surface area contributed by atoms with Gasteiger partial charge in [-0.15, -0.1) is 0 Å². The zero-order valence-electron chi connectivity index (χ0n) is 16.9. The third kappa shape index (κ3) is 3.55. The van der Waals surface area contributed by atoms with Crippen LogP contribution in [-0.2, 0) is 19.6 Å². The molecule has 7 heteroatoms. The lowest BCUT2D eigenvalue weighted by atomic mass is 10.1. The van der Waals surface area contributed by atoms with Gasteiger partial charge in [-0.05, 0) is 24.8 Å². The van der Waals surface area contributed by atoms with E-state index in [1.165, 1.54) is 9.13 Å². The van der Waals surface area contributed by atoms with Crippen LogP contribution >= 0.6 is 0 Å². The Morgan fingerprint density at radius 2 is 1.76 bits per heavy atom. The van der Waals surface area contributed by atoms with E-state index in [0.717, 1.165) is 37.1 Å². The Balaban J connectivity index is 2.02. The van der Waals surface area contributed by atoms with Crippen molar-refractivity contribution >= 4 is 11.2 Å². The summed E-state index contributed by atoms with van der Waals surface area (Å²) >= 11 is 0. The molecule has 0 bridgehead atoms. The van der Waals surface area contributed by atoms with Crippen molar-refractivity contribution in [2.45, 2.75) is 64.6 Å². The highest BCUT2D eigenvalue weighted by molar-refractivity contribution is 5.71. The summed E-state index contributed by atoms with van der Waals surface area (Å²) in [6, 6.07) is 10.0. The van der Waals surface area contributed by atoms with E-state index in [2.05, 4.69) is 0 Å². The molecule has 1 aromatic carbocycles. The molecule has 29 heavy (non-hydrogen) atoms. The third-order valence-electron chi connectivity index (χ3n) is 5.82. The molecule has 0 saturated heterocycles. The van der Waals surface area contributed by atoms with Gasteiger partial charge in [0.1, 0.15) is 5.82 Å². The predicted molar refractivity (Wildman–Crippen MR) is 112 cm³/mol. The van der Waals surface area contributed by atoms with Crippen molar-refractivity contribution in [3.63, 3.8) is 0 Å². The largest absolute Gasteiger partial charge is 0.395 e. The average Bonchev–Trinajstić information content (AvgIpc) is 3.37. The van der Waals surface area contributed by atoms with E-state index in [-0.39, 0.29) is 24.4 Å². The summed E-state index contributed by atoms with van der Waals surface area (Å²) in [6.07, 6.45) is 5.09. The van der Waals surface area contributed by atoms with Crippen LogP contribution in [0.5, 0.6) is 0 Å². The lowest BCUT2D eigenvalue weighted by Gasteiger charge is -2.14. The molecule has 1 saturated carbocycles. The second-order valence-electron chi connectivity index (χ2n) is 7.81. The van der Waals surface area contributed by atoms with Crippen molar-refractivity contribution in [2.75, 3.05) is 6.61 Å². The van der Waals surface area contributed by atoms with Crippen LogP contribution in [0.15, 0.2) is 39.9 Å². The molecular weight excluding hydrogens is 368 g/mol. The lowest BCUT2D eigenvalue weighted by molar-refractivity contribution is 0.273. The summed E-state index contributed by atoms with van der Waals surface area (Å²) in [4.78, 5) is 31.1. The molecule has 1 aliphatic carbocycles. The van der Waals surface area contributed by atoms with Crippen LogP contribution in [0, 0.1) is 0 Å². The first-order valence-corrected chi connectivity index (χ1v) is 10.5. The first-order valence-electron chi connectivity index (χ1n) is 10.5. The molecule has 3 aromatic rings. The number of hydrogen-bond acceptors (Lipinski definition) is 4. The van der Waals surface area contributed by atoms with Crippen molar-refractivity contribution in [3.8, 4) is 0 Å². The van der Waals surface area contributed by atoms with Gasteiger partial charge in [-0.2, -0.15) is 0 Å². The molecule has 4 rings (SSSR count). The van der Waals surface area contributed by atoms with Crippen molar-refractivity contribution in [2.24, 2.45) is 0 Å². The number of rotatable bonds is 7. The van der Waals surface area contributed by atoms with Crippen LogP contribution in [0.4, 0.5) is 0 Å². The van der Waals surface area contributed by atoms with Gasteiger partial charge in [-0.25, -0.2) is 9.78 Å². The van der Waals surface area contributed by atoms with Gasteiger partial charge >= 0.3 is 5.69 Å². The van der Waals surface area contributed by atoms with Crippen LogP contribution in [0.25, 0.3) is 11.2 Å². The Hall–Kier alpha value is -2.67. The lowest BCUT2D eigenvalue weighted by Crippen LogP contribution is -2.41. The van der Waals surface area contributed by atoms with Gasteiger partial charge in [-0.3, -0.25) is 13.9 Å². The Kier molecular flexibility index (Phi) is 5.67. The summed E-state index contributed by atoms with van der Waals surface area (Å²) in [5.74, 6) is 1.18. The van der Waals surface area contributed by atoms with Crippen molar-refractivity contribution < 1.29 is 5.11 Å². The molecule has 0 amide bonds. The van der Waals surface area contributed by atoms with E-state index in [0.29, 0.717) is 36.6 Å². The van der Waals surface area contributed by atoms with E-state index in [1.54, 1.807) is 0 Å². The third-order valence-corrected chi connectivity index (χ3v) is 5.82. The Morgan fingerprint density at radius 3 is 2.41 bits per heavy atom. The van der Waals surface area contributed by atoms with E-state index < -0.39 is 0 Å². The number of aromatic nitrogens is 4. The maximum atomic E-state index is 13.4. The van der Waals surface area contributed by atoms with Gasteiger partial charge in [0.05, 0.1) is 13.2 Å². The molecule has 1 aliphatic rings. The van der Waals surface area contributed by atoms with E-state index in [4.69, 9.17) is 4.98 Å². The highest BCUT2D eigenvalue weighted by atomic mass is 16.3. The molecule has 0 unspecified atom stereocenters. The number of hydrogen-bond donors (Lipinski definition) is 1. The van der Waals surface area contributed by atoms with Gasteiger partial charge in [-0.1, -0.05) is 50.1 Å². The molecule has 0 atom stereocenters. The van der Waals surface area contributed by atoms with E-state index in [1.807, 2.05) is 41.8 Å². The standard InChI is InChI=1S/C22H28N4O3/c1-2-12-25-21(28)18-20(24(13-14-27)22(25)29)23-19(17-10-6-7-11-17)26(18)15-16-8-4-3-5-9-16/h3-5,8-9,17,27H,2,6-7,10-15H2,1H3. The molecule has 154 valence electrons. The second-order valence-corrected chi connectivity index (χ2v) is 7.81. The van der Waals surface area contributed by atoms with Gasteiger partial charge in [0.2, 0.25) is 0 Å². The van der Waals surface area contributed by atoms with Crippen LogP contribution in [0.2, 0.25) is 0 Å². The number of aliphatic hydroxyl groups excluding tert-OH is 1. The summed E-state index contributed by atoms with van der Waals surface area (Å²) in [5.41, 5.74) is 1.29. The minimum Gasteiger partial charge on any atom is -0.395 e. The summed E-state index contributed by atoms with van der Waals surface area (Å²) in [7, 11) is 0. The first-order chi connectivity index (χ1) is 14.2. The Morgan fingerprint density at radius 1 is 1.03 bits per heavy atom. The number of nitrogens with zero attached hydrogens (tertiary/aromatic N) is 4. The first kappa shape index (κ1) is 19.6. The molecule has 7 nitrogen and oxygen atoms in total. The van der Waals surface area contributed by atoms with Crippen molar-refractivity contribution in [1.82, 2.24) is 18.7 Å². The molecule has 1 fully saturated rings. The fourth-order valence-electron chi connectivity index (χ4n) is 4.45. The van der Waals surface area contributed by atoms with Gasteiger partial charge < -0.3 is 9.67 Å². The highest BCUT2D eigenvalue weighted by Crippen LogP contribution is 2.35. The maximum absolute atomic E-state index is 13.4. The monoisotopic (exact) mass is 396 g/mol. The van der Waals surface area contributed by atoms with Crippen molar-refractivity contribution in [1.29, 1.82) is 0 Å². The highest BCUT2D eigenvalue weighted by Gasteiger charge is 2.27. The van der Waals surface area contributed by atoms with Gasteiger partial charge in [0.25, 0.3) is 5.56 Å². The number of aliphatic hydroxyl groups is 1. The Bertz CT molecular complexity index is 1110. The van der Waals surface area contributed by atoms with Gasteiger partial charge in [0, 0.05) is 19.0 Å². The quantitative estimate of drug-likeness (QED) is 0.665. The molecule has 0 aliphatic heterocycles. The van der Waals surface area contributed by atoms with Crippen LogP contribution < -0.4 is 11.2 Å². The van der Waals surface area contributed by atoms with Crippen molar-refractivity contribution in [3.05, 3.63) is 62.6 Å². The number of fused-ring (bicyclic) bond motifs is 1. The zero-order valence-corrected chi connectivity index (χ0v) is 16.9. The molecular formula is C22H28N4O3. The van der Waals surface area contributed by atoms with Crippen LogP contribution in [0.1, 0.15) is 56.3 Å². The van der Waals surface area contributed by atoms with Crippen LogP contribution in [-0.4, -0.2) is 30.4 Å². The molecule has 2 aromatic heterocycles. The molecule has 2 heterocycles. The fraction of sp³-hybridized carbons (Fsp3) is 0.500.